The number of thiazole rings is 2. The molecular formula is C98H106N14O2S2. The topological polar surface area (TPSA) is 207 Å². The summed E-state index contributed by atoms with van der Waals surface area (Å²) in [6, 6.07) is 60.9. The molecule has 16 nitrogen and oxygen atoms in total. The van der Waals surface area contributed by atoms with Gasteiger partial charge in [0.1, 0.15) is 17.2 Å². The summed E-state index contributed by atoms with van der Waals surface area (Å²) in [6.07, 6.45) is 15.6. The Morgan fingerprint density at radius 2 is 0.948 bits per heavy atom. The van der Waals surface area contributed by atoms with Gasteiger partial charge in [0.05, 0.1) is 54.2 Å². The molecule has 0 fully saturated rings. The zero-order valence-electron chi connectivity index (χ0n) is 70.9. The SMILES string of the molecule is Cc1ccc2c(C)[nH]nc2c1.Cc1ccc2c(C)c[nH]c2c1.Cc1ccc2c(C)c[nH]c2n1.Cc1ccc2c(C)ccn2c1.Cc1ccc2c(C)noc2c1.Cc1ccc2ccc(C)nc2c1.Cc1ccc2cnc(C)nc2c1.Cc1ccc2nc(C)sc2c1.Cc1cnc(C)o1.Cc1cnc(C)s1.Cc1cnc2cc(C)ccc2c1. The second-order valence-corrected chi connectivity index (χ2v) is 32.2. The second-order valence-electron chi connectivity index (χ2n) is 29.5. The summed E-state index contributed by atoms with van der Waals surface area (Å²) in [5.74, 6) is 2.43. The molecule has 20 rings (SSSR count). The third kappa shape index (κ3) is 24.9. The van der Waals surface area contributed by atoms with Crippen LogP contribution in [0.25, 0.3) is 92.3 Å². The number of hydrogen-bond donors (Lipinski definition) is 3. The Hall–Kier alpha value is -12.6. The molecule has 0 aliphatic carbocycles. The zero-order valence-corrected chi connectivity index (χ0v) is 72.5. The van der Waals surface area contributed by atoms with E-state index >= 15 is 0 Å². The Morgan fingerprint density at radius 1 is 0.371 bits per heavy atom. The summed E-state index contributed by atoms with van der Waals surface area (Å²) in [5, 5.41) is 21.7. The number of aromatic nitrogens is 14. The lowest BCUT2D eigenvalue weighted by Crippen LogP contribution is -1.87. The number of pyridine rings is 4. The molecule has 0 bridgehead atoms. The van der Waals surface area contributed by atoms with E-state index < -0.39 is 0 Å². The minimum atomic E-state index is 0.734. The predicted octanol–water partition coefficient (Wildman–Crippen LogP) is 26.1. The fraction of sp³-hybridized carbons (Fsp3) is 0.224. The van der Waals surface area contributed by atoms with Gasteiger partial charge in [-0.25, -0.2) is 29.9 Å². The van der Waals surface area contributed by atoms with Gasteiger partial charge in [0, 0.05) is 121 Å². The largest absolute Gasteiger partial charge is 0.446 e. The van der Waals surface area contributed by atoms with Crippen molar-refractivity contribution >= 4 is 115 Å². The molecule has 13 heterocycles. The highest BCUT2D eigenvalue weighted by Crippen LogP contribution is 2.25. The highest BCUT2D eigenvalue weighted by molar-refractivity contribution is 7.18. The van der Waals surface area contributed by atoms with E-state index in [1.54, 1.807) is 28.9 Å². The van der Waals surface area contributed by atoms with Crippen molar-refractivity contribution in [2.45, 2.75) is 152 Å². The molecular weight excluding hydrogens is 1470 g/mol. The number of nitrogens with zero attached hydrogens (tertiary/aromatic N) is 11. The maximum Gasteiger partial charge on any atom is 0.191 e. The smallest absolute Gasteiger partial charge is 0.191 e. The minimum Gasteiger partial charge on any atom is -0.446 e. The van der Waals surface area contributed by atoms with Crippen molar-refractivity contribution in [1.82, 2.24) is 69.6 Å². The number of rotatable bonds is 0. The lowest BCUT2D eigenvalue weighted by atomic mass is 10.1. The Kier molecular flexibility index (Phi) is 29.9. The molecule has 0 unspecified atom stereocenters. The van der Waals surface area contributed by atoms with Crippen molar-refractivity contribution in [3.8, 4) is 0 Å². The van der Waals surface area contributed by atoms with Crippen LogP contribution in [0.3, 0.4) is 0 Å². The Balaban J connectivity index is 0.000000135. The first-order chi connectivity index (χ1) is 55.4. The van der Waals surface area contributed by atoms with E-state index in [2.05, 4.69) is 311 Å². The Morgan fingerprint density at radius 3 is 1.62 bits per heavy atom. The van der Waals surface area contributed by atoms with Crippen LogP contribution in [0.4, 0.5) is 0 Å². The van der Waals surface area contributed by atoms with Gasteiger partial charge < -0.3 is 23.3 Å². The molecule has 116 heavy (non-hydrogen) atoms. The summed E-state index contributed by atoms with van der Waals surface area (Å²) in [6.45, 7) is 44.8. The molecule has 592 valence electrons. The molecule has 0 spiro atoms. The molecule has 0 atom stereocenters. The van der Waals surface area contributed by atoms with Crippen molar-refractivity contribution in [3.05, 3.63) is 347 Å². The number of oxazole rings is 1. The van der Waals surface area contributed by atoms with Crippen LogP contribution in [-0.2, 0) is 0 Å². The van der Waals surface area contributed by atoms with Crippen molar-refractivity contribution in [2.24, 2.45) is 0 Å². The third-order valence-corrected chi connectivity index (χ3v) is 20.4. The molecule has 3 N–H and O–H groups in total. The molecule has 0 saturated heterocycles. The molecule has 0 radical (unpaired) electrons. The lowest BCUT2D eigenvalue weighted by Gasteiger charge is -1.99. The van der Waals surface area contributed by atoms with Crippen molar-refractivity contribution < 1.29 is 8.94 Å². The third-order valence-electron chi connectivity index (χ3n) is 18.6. The van der Waals surface area contributed by atoms with Crippen LogP contribution in [0, 0.1) is 152 Å². The molecule has 0 amide bonds. The average molecular weight is 1580 g/mol. The fourth-order valence-electron chi connectivity index (χ4n) is 12.4. The van der Waals surface area contributed by atoms with Crippen LogP contribution in [0.1, 0.15) is 122 Å². The van der Waals surface area contributed by atoms with E-state index in [-0.39, 0.29) is 0 Å². The second kappa shape index (κ2) is 40.4. The molecule has 0 aliphatic rings. The van der Waals surface area contributed by atoms with Gasteiger partial charge in [0.2, 0.25) is 0 Å². The zero-order chi connectivity index (χ0) is 83.3. The van der Waals surface area contributed by atoms with Crippen LogP contribution in [0.2, 0.25) is 0 Å². The summed E-state index contributed by atoms with van der Waals surface area (Å²) < 4.78 is 13.5. The van der Waals surface area contributed by atoms with E-state index in [0.717, 1.165) is 99.9 Å². The van der Waals surface area contributed by atoms with E-state index in [0.29, 0.717) is 0 Å². The number of nitrogens with one attached hydrogen (secondary N) is 3. The van der Waals surface area contributed by atoms with Crippen LogP contribution >= 0.6 is 22.7 Å². The number of H-pyrrole nitrogens is 3. The first-order valence-corrected chi connectivity index (χ1v) is 40.3. The number of benzene rings is 7. The fourth-order valence-corrected chi connectivity index (χ4v) is 14.0. The monoisotopic (exact) mass is 1570 g/mol. The van der Waals surface area contributed by atoms with Gasteiger partial charge in [-0.15, -0.1) is 22.7 Å². The summed E-state index contributed by atoms with van der Waals surface area (Å²) in [4.78, 5) is 41.5. The number of aryl methyl sites for hydroxylation is 22. The predicted molar refractivity (Wildman–Crippen MR) is 487 cm³/mol. The first-order valence-electron chi connectivity index (χ1n) is 38.7. The van der Waals surface area contributed by atoms with E-state index in [9.17, 15) is 0 Å². The maximum absolute atomic E-state index is 5.08. The normalized spacial score (nSPS) is 10.5. The average Bonchev–Trinajstić information content (AvgIpc) is 1.78. The van der Waals surface area contributed by atoms with Crippen molar-refractivity contribution in [3.63, 3.8) is 0 Å². The molecule has 7 aromatic carbocycles. The number of hydrogen-bond acceptors (Lipinski definition) is 14. The Bertz CT molecular complexity index is 5880. The van der Waals surface area contributed by atoms with Crippen molar-refractivity contribution in [1.29, 1.82) is 0 Å². The van der Waals surface area contributed by atoms with Crippen molar-refractivity contribution in [2.75, 3.05) is 0 Å². The molecule has 0 aliphatic heterocycles. The highest BCUT2D eigenvalue weighted by atomic mass is 32.1. The van der Waals surface area contributed by atoms with E-state index in [1.807, 2.05) is 131 Å². The number of fused-ring (bicyclic) bond motifs is 9. The molecule has 0 saturated carbocycles. The minimum absolute atomic E-state index is 0.734. The highest BCUT2D eigenvalue weighted by Gasteiger charge is 2.06. The molecule has 18 heteroatoms. The van der Waals surface area contributed by atoms with Gasteiger partial charge in [-0.05, 0) is 303 Å². The van der Waals surface area contributed by atoms with Crippen LogP contribution in [0.15, 0.2) is 234 Å². The lowest BCUT2D eigenvalue weighted by molar-refractivity contribution is 0.450. The van der Waals surface area contributed by atoms with Gasteiger partial charge in [-0.1, -0.05) is 90.1 Å². The quantitative estimate of drug-likeness (QED) is 0.130. The van der Waals surface area contributed by atoms with E-state index in [4.69, 9.17) is 8.94 Å². The van der Waals surface area contributed by atoms with Gasteiger partial charge >= 0.3 is 0 Å². The number of aromatic amines is 3. The Labute approximate surface area is 688 Å². The van der Waals surface area contributed by atoms with Gasteiger partial charge in [-0.2, -0.15) is 5.10 Å². The van der Waals surface area contributed by atoms with Gasteiger partial charge in [-0.3, -0.25) is 15.1 Å². The van der Waals surface area contributed by atoms with Gasteiger partial charge in [0.15, 0.2) is 11.5 Å². The molecule has 20 aromatic rings. The maximum atomic E-state index is 5.08. The van der Waals surface area contributed by atoms with Crippen LogP contribution in [0.5, 0.6) is 0 Å². The van der Waals surface area contributed by atoms with Crippen LogP contribution < -0.4 is 0 Å². The van der Waals surface area contributed by atoms with E-state index in [1.165, 1.54) is 114 Å². The van der Waals surface area contributed by atoms with Crippen LogP contribution in [-0.4, -0.2) is 69.6 Å². The summed E-state index contributed by atoms with van der Waals surface area (Å²) >= 11 is 3.49. The summed E-state index contributed by atoms with van der Waals surface area (Å²) in [7, 11) is 0. The molecule has 13 aromatic heterocycles. The summed E-state index contributed by atoms with van der Waals surface area (Å²) in [5.41, 5.74) is 29.3. The first kappa shape index (κ1) is 85.8. The van der Waals surface area contributed by atoms with Gasteiger partial charge in [0.25, 0.3) is 0 Å². The standard InChI is InChI=1S/2C11H11N.C10H10N2.2C10H11N.2C9H10N2.C9H9NO.C9H9NS.C5H7NO.C5H7NS/c1-8-3-5-10-6-4-9(2)12-11(10)7-8;1-8-3-4-10-5-9(2)7-12-11(10)6-8;1-7-3-4-9-6-11-8(2)12-10(9)5-7;1-7-3-4-9-8(2)6-11-10(9)5-7;1-8-3-4-10-9(2)5-6-11(10)7-8;1-6-5-10-9-8(6)4-3-7(2)11-9;2*1-6-3-4-8-7(2)10-11-9(8)5-6;1-6-3-4-8-9(5-6)11-7(2)10-8;2*1-4-3-6-5(2)7-4/h2*3-7H,1-2H3;3-6H,1-2H3;3-6,11H,1-2H3;3-7H,1-2H3;2*3-5H,1-2H3,(H,10,11);2*3-5H,1-2H3;2*3H,1-2H3.